The Labute approximate surface area is 134 Å². The zero-order valence-corrected chi connectivity index (χ0v) is 13.0. The summed E-state index contributed by atoms with van der Waals surface area (Å²) >= 11 is 0. The molecule has 0 aliphatic carbocycles. The lowest BCUT2D eigenvalue weighted by molar-refractivity contribution is 0.0777. The molecule has 1 fully saturated rings. The highest BCUT2D eigenvalue weighted by molar-refractivity contribution is 5.93. The molecule has 0 spiro atoms. The number of carbonyl (C=O) groups is 2. The van der Waals surface area contributed by atoms with Crippen molar-refractivity contribution in [3.8, 4) is 0 Å². The Balaban J connectivity index is 1.57. The number of aromatic nitrogens is 3. The summed E-state index contributed by atoms with van der Waals surface area (Å²) in [6, 6.07) is 6.96. The highest BCUT2D eigenvalue weighted by atomic mass is 16.2. The minimum Gasteiger partial charge on any atom is -0.346 e. The molecule has 7 nitrogen and oxygen atoms in total. The smallest absolute Gasteiger partial charge is 0.272 e. The fourth-order valence-electron chi connectivity index (χ4n) is 2.63. The molecule has 2 N–H and O–H groups in total. The summed E-state index contributed by atoms with van der Waals surface area (Å²) in [7, 11) is 0. The number of hydrogen-bond acceptors (Lipinski definition) is 4. The van der Waals surface area contributed by atoms with Crippen molar-refractivity contribution >= 4 is 11.8 Å². The molecule has 1 aliphatic heterocycles. The first kappa shape index (κ1) is 15.2. The van der Waals surface area contributed by atoms with Gasteiger partial charge in [0.25, 0.3) is 11.8 Å². The van der Waals surface area contributed by atoms with E-state index < -0.39 is 0 Å². The molecule has 1 atom stereocenters. The number of nitrogens with one attached hydrogen (secondary N) is 2. The van der Waals surface area contributed by atoms with Crippen molar-refractivity contribution in [3.63, 3.8) is 0 Å². The van der Waals surface area contributed by atoms with Crippen LogP contribution in [0.1, 0.15) is 40.0 Å². The van der Waals surface area contributed by atoms with Gasteiger partial charge in [-0.1, -0.05) is 13.0 Å². The van der Waals surface area contributed by atoms with Gasteiger partial charge in [-0.05, 0) is 31.0 Å². The Kier molecular flexibility index (Phi) is 4.36. The molecule has 23 heavy (non-hydrogen) atoms. The maximum Gasteiger partial charge on any atom is 0.272 e. The SMILES string of the molecule is CCc1cc(C(=O)N[C@H]2CCN(C(=O)c3ccccn3)C2)n[nH]1. The van der Waals surface area contributed by atoms with Crippen LogP contribution in [0.15, 0.2) is 30.5 Å². The first-order chi connectivity index (χ1) is 11.2. The molecule has 0 unspecified atom stereocenters. The highest BCUT2D eigenvalue weighted by Crippen LogP contribution is 2.13. The molecule has 0 radical (unpaired) electrons. The van der Waals surface area contributed by atoms with Crippen LogP contribution in [0.2, 0.25) is 0 Å². The van der Waals surface area contributed by atoms with Crippen molar-refractivity contribution < 1.29 is 9.59 Å². The van der Waals surface area contributed by atoms with E-state index in [1.165, 1.54) is 0 Å². The van der Waals surface area contributed by atoms with Gasteiger partial charge in [-0.25, -0.2) is 0 Å². The summed E-state index contributed by atoms with van der Waals surface area (Å²) in [5, 5.41) is 9.76. The van der Waals surface area contributed by atoms with Gasteiger partial charge in [0.05, 0.1) is 0 Å². The van der Waals surface area contributed by atoms with Crippen LogP contribution in [0.5, 0.6) is 0 Å². The van der Waals surface area contributed by atoms with Gasteiger partial charge in [-0.2, -0.15) is 5.10 Å². The van der Waals surface area contributed by atoms with Crippen LogP contribution in [0.4, 0.5) is 0 Å². The minimum absolute atomic E-state index is 0.0584. The Morgan fingerprint density at radius 2 is 2.26 bits per heavy atom. The number of likely N-dealkylation sites (tertiary alicyclic amines) is 1. The molecular formula is C16H19N5O2. The summed E-state index contributed by atoms with van der Waals surface area (Å²) in [5.41, 5.74) is 1.74. The van der Waals surface area contributed by atoms with Gasteiger partial charge >= 0.3 is 0 Å². The van der Waals surface area contributed by atoms with Crippen molar-refractivity contribution in [2.75, 3.05) is 13.1 Å². The van der Waals surface area contributed by atoms with E-state index in [9.17, 15) is 9.59 Å². The topological polar surface area (TPSA) is 91.0 Å². The fraction of sp³-hybridized carbons (Fsp3) is 0.375. The molecule has 1 saturated heterocycles. The number of amides is 2. The van der Waals surface area contributed by atoms with Gasteiger partial charge in [0, 0.05) is 31.0 Å². The zero-order valence-electron chi connectivity index (χ0n) is 13.0. The Morgan fingerprint density at radius 1 is 1.39 bits per heavy atom. The summed E-state index contributed by atoms with van der Waals surface area (Å²) in [6.07, 6.45) is 3.14. The molecule has 2 aromatic heterocycles. The van der Waals surface area contributed by atoms with Crippen molar-refractivity contribution in [3.05, 3.63) is 47.5 Å². The third-order valence-corrected chi connectivity index (χ3v) is 3.94. The number of carbonyl (C=O) groups excluding carboxylic acids is 2. The Morgan fingerprint density at radius 3 is 2.96 bits per heavy atom. The molecule has 3 rings (SSSR count). The van der Waals surface area contributed by atoms with Gasteiger partial charge in [-0.3, -0.25) is 19.7 Å². The maximum atomic E-state index is 12.3. The molecule has 2 aromatic rings. The molecule has 0 saturated carbocycles. The van der Waals surface area contributed by atoms with Crippen LogP contribution in [-0.2, 0) is 6.42 Å². The number of aromatic amines is 1. The van der Waals surface area contributed by atoms with Crippen molar-refractivity contribution in [2.45, 2.75) is 25.8 Å². The monoisotopic (exact) mass is 313 g/mol. The van der Waals surface area contributed by atoms with E-state index in [1.54, 1.807) is 35.4 Å². The molecule has 1 aliphatic rings. The predicted octanol–water partition coefficient (Wildman–Crippen LogP) is 1.01. The third-order valence-electron chi connectivity index (χ3n) is 3.94. The van der Waals surface area contributed by atoms with E-state index in [0.717, 1.165) is 18.5 Å². The van der Waals surface area contributed by atoms with Crippen molar-refractivity contribution in [1.29, 1.82) is 0 Å². The molecule has 0 bridgehead atoms. The van der Waals surface area contributed by atoms with Crippen LogP contribution in [0.25, 0.3) is 0 Å². The number of H-pyrrole nitrogens is 1. The van der Waals surface area contributed by atoms with E-state index in [1.807, 2.05) is 6.92 Å². The average Bonchev–Trinajstić information content (AvgIpc) is 3.24. The van der Waals surface area contributed by atoms with E-state index in [-0.39, 0.29) is 17.9 Å². The number of aryl methyl sites for hydroxylation is 1. The van der Waals surface area contributed by atoms with Gasteiger partial charge < -0.3 is 10.2 Å². The molecule has 0 aromatic carbocycles. The second-order valence-corrected chi connectivity index (χ2v) is 5.56. The second-order valence-electron chi connectivity index (χ2n) is 5.56. The first-order valence-electron chi connectivity index (χ1n) is 7.73. The predicted molar refractivity (Wildman–Crippen MR) is 84.0 cm³/mol. The summed E-state index contributed by atoms with van der Waals surface area (Å²) in [5.74, 6) is -0.312. The van der Waals surface area contributed by atoms with Crippen LogP contribution in [-0.4, -0.2) is 51.0 Å². The lowest BCUT2D eigenvalue weighted by Gasteiger charge is -2.16. The quantitative estimate of drug-likeness (QED) is 0.881. The zero-order chi connectivity index (χ0) is 16.2. The second kappa shape index (κ2) is 6.60. The van der Waals surface area contributed by atoms with E-state index in [0.29, 0.717) is 24.5 Å². The Bertz CT molecular complexity index is 698. The standard InChI is InChI=1S/C16H19N5O2/c1-2-11-9-14(20-19-11)15(22)18-12-6-8-21(10-12)16(23)13-5-3-4-7-17-13/h3-5,7,9,12H,2,6,8,10H2,1H3,(H,18,22)(H,19,20)/t12-/m0/s1. The summed E-state index contributed by atoms with van der Waals surface area (Å²) in [6.45, 7) is 3.10. The molecule has 120 valence electrons. The van der Waals surface area contributed by atoms with Gasteiger partial charge in [0.15, 0.2) is 0 Å². The lowest BCUT2D eigenvalue weighted by atomic mass is 10.2. The third kappa shape index (κ3) is 3.39. The molecule has 2 amide bonds. The number of rotatable bonds is 4. The van der Waals surface area contributed by atoms with Gasteiger partial charge in [0.2, 0.25) is 0 Å². The fourth-order valence-corrected chi connectivity index (χ4v) is 2.63. The first-order valence-corrected chi connectivity index (χ1v) is 7.73. The lowest BCUT2D eigenvalue weighted by Crippen LogP contribution is -2.38. The summed E-state index contributed by atoms with van der Waals surface area (Å²) < 4.78 is 0. The van der Waals surface area contributed by atoms with E-state index in [4.69, 9.17) is 0 Å². The van der Waals surface area contributed by atoms with Crippen LogP contribution in [0.3, 0.4) is 0 Å². The number of nitrogens with zero attached hydrogens (tertiary/aromatic N) is 3. The van der Waals surface area contributed by atoms with E-state index >= 15 is 0 Å². The van der Waals surface area contributed by atoms with Crippen LogP contribution >= 0.6 is 0 Å². The molecular weight excluding hydrogens is 294 g/mol. The van der Waals surface area contributed by atoms with Crippen LogP contribution in [0, 0.1) is 0 Å². The Hall–Kier alpha value is -2.70. The van der Waals surface area contributed by atoms with Crippen LogP contribution < -0.4 is 5.32 Å². The highest BCUT2D eigenvalue weighted by Gasteiger charge is 2.29. The van der Waals surface area contributed by atoms with Crippen molar-refractivity contribution in [2.24, 2.45) is 0 Å². The van der Waals surface area contributed by atoms with Gasteiger partial charge in [-0.15, -0.1) is 0 Å². The van der Waals surface area contributed by atoms with Gasteiger partial charge in [0.1, 0.15) is 11.4 Å². The average molecular weight is 313 g/mol. The van der Waals surface area contributed by atoms with E-state index in [2.05, 4.69) is 20.5 Å². The maximum absolute atomic E-state index is 12.3. The normalized spacial score (nSPS) is 17.3. The minimum atomic E-state index is -0.210. The number of pyridine rings is 1. The largest absolute Gasteiger partial charge is 0.346 e. The number of hydrogen-bond donors (Lipinski definition) is 2. The molecule has 7 heteroatoms. The van der Waals surface area contributed by atoms with Crippen molar-refractivity contribution in [1.82, 2.24) is 25.4 Å². The molecule has 3 heterocycles. The summed E-state index contributed by atoms with van der Waals surface area (Å²) in [4.78, 5) is 30.3.